The van der Waals surface area contributed by atoms with E-state index in [9.17, 15) is 26.8 Å². The summed E-state index contributed by atoms with van der Waals surface area (Å²) in [6.45, 7) is 3.02. The van der Waals surface area contributed by atoms with Crippen molar-refractivity contribution in [3.8, 4) is 0 Å². The highest BCUT2D eigenvalue weighted by atomic mass is 32.2. The lowest BCUT2D eigenvalue weighted by Crippen LogP contribution is -2.53. The number of aryl methyl sites for hydroxylation is 1. The molecule has 41 heavy (non-hydrogen) atoms. The fourth-order valence-corrected chi connectivity index (χ4v) is 6.46. The van der Waals surface area contributed by atoms with E-state index in [0.29, 0.717) is 12.0 Å². The number of carbonyl (C=O) groups excluding carboxylic acids is 2. The Morgan fingerprint density at radius 1 is 0.902 bits per heavy atom. The van der Waals surface area contributed by atoms with E-state index in [1.165, 1.54) is 29.2 Å². The minimum atomic E-state index is -4.29. The lowest BCUT2D eigenvalue weighted by Gasteiger charge is -2.33. The number of benzene rings is 3. The highest BCUT2D eigenvalue weighted by Gasteiger charge is 2.34. The van der Waals surface area contributed by atoms with Gasteiger partial charge in [0.2, 0.25) is 11.8 Å². The van der Waals surface area contributed by atoms with Gasteiger partial charge in [-0.1, -0.05) is 49.6 Å². The van der Waals surface area contributed by atoms with Gasteiger partial charge in [-0.25, -0.2) is 17.2 Å². The van der Waals surface area contributed by atoms with E-state index < -0.39 is 40.2 Å². The van der Waals surface area contributed by atoms with Crippen LogP contribution in [-0.4, -0.2) is 43.8 Å². The van der Waals surface area contributed by atoms with Gasteiger partial charge in [-0.2, -0.15) is 0 Å². The van der Waals surface area contributed by atoms with Crippen molar-refractivity contribution in [1.82, 2.24) is 10.2 Å². The standard InChI is InChI=1S/C31H35F2N3O4S/c1-3-29(31(38)34-26-6-4-5-7-26)35(20-23-10-12-24(32)13-11-23)30(37)21-36(27-16-8-22(2)9-17-27)41(39,40)28-18-14-25(33)15-19-28/h8-19,26,29H,3-7,20-21H2,1-2H3,(H,34,38). The van der Waals surface area contributed by atoms with Crippen molar-refractivity contribution in [3.05, 3.63) is 95.6 Å². The Kier molecular flexibility index (Phi) is 9.75. The lowest BCUT2D eigenvalue weighted by atomic mass is 10.1. The molecule has 3 aromatic carbocycles. The Labute approximate surface area is 240 Å². The number of halogens is 2. The molecule has 1 unspecified atom stereocenters. The number of amides is 2. The Morgan fingerprint density at radius 2 is 1.46 bits per heavy atom. The van der Waals surface area contributed by atoms with Crippen molar-refractivity contribution >= 4 is 27.5 Å². The van der Waals surface area contributed by atoms with Gasteiger partial charge in [0.15, 0.2) is 0 Å². The van der Waals surface area contributed by atoms with E-state index in [4.69, 9.17) is 0 Å². The molecule has 1 fully saturated rings. The quantitative estimate of drug-likeness (QED) is 0.331. The summed E-state index contributed by atoms with van der Waals surface area (Å²) in [6, 6.07) is 15.8. The molecule has 0 heterocycles. The van der Waals surface area contributed by atoms with E-state index in [-0.39, 0.29) is 29.1 Å². The molecule has 0 bridgehead atoms. The van der Waals surface area contributed by atoms with Gasteiger partial charge in [0.25, 0.3) is 10.0 Å². The third-order valence-electron chi connectivity index (χ3n) is 7.36. The molecule has 0 saturated heterocycles. The maximum Gasteiger partial charge on any atom is 0.264 e. The van der Waals surface area contributed by atoms with Crippen LogP contribution in [0.25, 0.3) is 0 Å². The number of hydrogen-bond acceptors (Lipinski definition) is 4. The minimum absolute atomic E-state index is 0.0198. The highest BCUT2D eigenvalue weighted by molar-refractivity contribution is 7.92. The number of rotatable bonds is 11. The summed E-state index contributed by atoms with van der Waals surface area (Å²) in [6.07, 6.45) is 4.07. The van der Waals surface area contributed by atoms with Gasteiger partial charge in [-0.05, 0) is 80.3 Å². The van der Waals surface area contributed by atoms with Crippen molar-refractivity contribution in [2.75, 3.05) is 10.8 Å². The topological polar surface area (TPSA) is 86.8 Å². The number of sulfonamides is 1. The van der Waals surface area contributed by atoms with Crippen LogP contribution in [0.1, 0.15) is 50.2 Å². The summed E-state index contributed by atoms with van der Waals surface area (Å²) < 4.78 is 55.8. The first kappa shape index (κ1) is 30.2. The van der Waals surface area contributed by atoms with E-state index in [0.717, 1.165) is 59.8 Å². The van der Waals surface area contributed by atoms with Crippen molar-refractivity contribution < 1.29 is 26.8 Å². The van der Waals surface area contributed by atoms with Crippen LogP contribution in [-0.2, 0) is 26.2 Å². The monoisotopic (exact) mass is 583 g/mol. The summed E-state index contributed by atoms with van der Waals surface area (Å²) >= 11 is 0. The Bertz CT molecular complexity index is 1440. The summed E-state index contributed by atoms with van der Waals surface area (Å²) in [5.74, 6) is -1.94. The smallest absolute Gasteiger partial charge is 0.264 e. The number of hydrogen-bond donors (Lipinski definition) is 1. The first-order chi connectivity index (χ1) is 19.6. The molecule has 0 radical (unpaired) electrons. The first-order valence-corrected chi connectivity index (χ1v) is 15.2. The molecule has 1 aliphatic rings. The van der Waals surface area contributed by atoms with Crippen LogP contribution in [0.2, 0.25) is 0 Å². The van der Waals surface area contributed by atoms with Crippen LogP contribution in [0, 0.1) is 18.6 Å². The number of carbonyl (C=O) groups is 2. The van der Waals surface area contributed by atoms with Crippen LogP contribution in [0.15, 0.2) is 77.7 Å². The second-order valence-electron chi connectivity index (χ2n) is 10.4. The number of anilines is 1. The molecule has 1 atom stereocenters. The van der Waals surface area contributed by atoms with Gasteiger partial charge in [0.05, 0.1) is 10.6 Å². The number of nitrogens with one attached hydrogen (secondary N) is 1. The molecule has 2 amide bonds. The molecule has 1 N–H and O–H groups in total. The minimum Gasteiger partial charge on any atom is -0.352 e. The summed E-state index contributed by atoms with van der Waals surface area (Å²) in [5.41, 5.74) is 1.74. The highest BCUT2D eigenvalue weighted by Crippen LogP contribution is 2.26. The molecular weight excluding hydrogens is 548 g/mol. The molecule has 1 aliphatic carbocycles. The predicted octanol–water partition coefficient (Wildman–Crippen LogP) is 5.33. The SMILES string of the molecule is CCC(C(=O)NC1CCCC1)N(Cc1ccc(F)cc1)C(=O)CN(c1ccc(C)cc1)S(=O)(=O)c1ccc(F)cc1. The van der Waals surface area contributed by atoms with Crippen molar-refractivity contribution in [2.45, 2.75) is 69.5 Å². The third kappa shape index (κ3) is 7.49. The average Bonchev–Trinajstić information content (AvgIpc) is 3.46. The zero-order valence-electron chi connectivity index (χ0n) is 23.2. The molecule has 3 aromatic rings. The molecule has 7 nitrogen and oxygen atoms in total. The van der Waals surface area contributed by atoms with E-state index in [2.05, 4.69) is 5.32 Å². The molecule has 1 saturated carbocycles. The van der Waals surface area contributed by atoms with Gasteiger partial charge in [-0.3, -0.25) is 13.9 Å². The van der Waals surface area contributed by atoms with Crippen LogP contribution in [0.3, 0.4) is 0 Å². The van der Waals surface area contributed by atoms with E-state index in [1.54, 1.807) is 31.2 Å². The number of nitrogens with zero attached hydrogens (tertiary/aromatic N) is 2. The third-order valence-corrected chi connectivity index (χ3v) is 9.14. The van der Waals surface area contributed by atoms with E-state index >= 15 is 0 Å². The van der Waals surface area contributed by atoms with Gasteiger partial charge < -0.3 is 10.2 Å². The fourth-order valence-electron chi connectivity index (χ4n) is 5.05. The molecular formula is C31H35F2N3O4S. The van der Waals surface area contributed by atoms with E-state index in [1.807, 2.05) is 6.92 Å². The zero-order valence-corrected chi connectivity index (χ0v) is 24.0. The van der Waals surface area contributed by atoms with Gasteiger partial charge >= 0.3 is 0 Å². The lowest BCUT2D eigenvalue weighted by molar-refractivity contribution is -0.140. The molecule has 0 aromatic heterocycles. The van der Waals surface area contributed by atoms with Gasteiger partial charge in [0.1, 0.15) is 24.2 Å². The Balaban J connectivity index is 1.70. The second kappa shape index (κ2) is 13.2. The molecule has 10 heteroatoms. The maximum atomic E-state index is 14.0. The fraction of sp³-hybridized carbons (Fsp3) is 0.355. The van der Waals surface area contributed by atoms with Gasteiger partial charge in [-0.15, -0.1) is 0 Å². The molecule has 0 spiro atoms. The van der Waals surface area contributed by atoms with Crippen LogP contribution in [0.4, 0.5) is 14.5 Å². The normalized spacial score (nSPS) is 14.4. The molecule has 0 aliphatic heterocycles. The zero-order chi connectivity index (χ0) is 29.6. The summed E-state index contributed by atoms with van der Waals surface area (Å²) in [4.78, 5) is 28.7. The van der Waals surface area contributed by atoms with Crippen LogP contribution >= 0.6 is 0 Å². The summed E-state index contributed by atoms with van der Waals surface area (Å²) in [7, 11) is -4.29. The predicted molar refractivity (Wildman–Crippen MR) is 154 cm³/mol. The van der Waals surface area contributed by atoms with Crippen molar-refractivity contribution in [3.63, 3.8) is 0 Å². The van der Waals surface area contributed by atoms with Gasteiger partial charge in [0, 0.05) is 12.6 Å². The average molecular weight is 584 g/mol. The Morgan fingerprint density at radius 3 is 2.02 bits per heavy atom. The molecule has 4 rings (SSSR count). The summed E-state index contributed by atoms with van der Waals surface area (Å²) in [5, 5.41) is 3.05. The van der Waals surface area contributed by atoms with Crippen molar-refractivity contribution in [2.24, 2.45) is 0 Å². The maximum absolute atomic E-state index is 14.0. The molecule has 218 valence electrons. The second-order valence-corrected chi connectivity index (χ2v) is 12.2. The Hall–Kier alpha value is -3.79. The largest absolute Gasteiger partial charge is 0.352 e. The van der Waals surface area contributed by atoms with Crippen molar-refractivity contribution in [1.29, 1.82) is 0 Å². The van der Waals surface area contributed by atoms with Crippen LogP contribution < -0.4 is 9.62 Å². The van der Waals surface area contributed by atoms with Crippen LogP contribution in [0.5, 0.6) is 0 Å². The first-order valence-electron chi connectivity index (χ1n) is 13.8.